The Morgan fingerprint density at radius 2 is 1.86 bits per heavy atom. The van der Waals surface area contributed by atoms with Crippen LogP contribution in [0.3, 0.4) is 0 Å². The molecular formula is C22H19NO6. The van der Waals surface area contributed by atoms with Crippen LogP contribution in [0.15, 0.2) is 51.7 Å². The molecule has 0 amide bonds. The normalized spacial score (nSPS) is 13.5. The van der Waals surface area contributed by atoms with Crippen molar-refractivity contribution in [3.8, 4) is 5.75 Å². The number of hydrogen-bond donors (Lipinski definition) is 0. The summed E-state index contributed by atoms with van der Waals surface area (Å²) in [5.41, 5.74) is 2.01. The molecule has 29 heavy (non-hydrogen) atoms. The lowest BCUT2D eigenvalue weighted by molar-refractivity contribution is -0.384. The van der Waals surface area contributed by atoms with Crippen molar-refractivity contribution in [2.45, 2.75) is 32.1 Å². The molecule has 0 saturated heterocycles. The molecule has 0 unspecified atom stereocenters. The van der Waals surface area contributed by atoms with E-state index in [0.717, 1.165) is 48.6 Å². The lowest BCUT2D eigenvalue weighted by atomic mass is 10.0. The van der Waals surface area contributed by atoms with Crippen molar-refractivity contribution in [1.82, 2.24) is 0 Å². The second-order valence-electron chi connectivity index (χ2n) is 7.08. The zero-order chi connectivity index (χ0) is 20.4. The van der Waals surface area contributed by atoms with Gasteiger partial charge >= 0.3 is 5.63 Å². The summed E-state index contributed by atoms with van der Waals surface area (Å²) in [6.07, 6.45) is 4.72. The number of nitrogens with zero attached hydrogens (tertiary/aromatic N) is 1. The van der Waals surface area contributed by atoms with Crippen molar-refractivity contribution in [1.29, 1.82) is 0 Å². The van der Waals surface area contributed by atoms with Gasteiger partial charge in [0.25, 0.3) is 5.69 Å². The number of rotatable bonds is 5. The van der Waals surface area contributed by atoms with Crippen LogP contribution in [0, 0.1) is 10.1 Å². The lowest BCUT2D eigenvalue weighted by Gasteiger charge is -2.10. The van der Waals surface area contributed by atoms with E-state index in [1.807, 2.05) is 6.07 Å². The molecule has 0 fully saturated rings. The lowest BCUT2D eigenvalue weighted by Crippen LogP contribution is -2.12. The summed E-state index contributed by atoms with van der Waals surface area (Å²) in [7, 11) is 0. The molecule has 0 aliphatic heterocycles. The molecule has 1 aliphatic carbocycles. The van der Waals surface area contributed by atoms with Crippen molar-refractivity contribution in [3.63, 3.8) is 0 Å². The zero-order valence-corrected chi connectivity index (χ0v) is 15.7. The number of carbonyl (C=O) groups is 1. The van der Waals surface area contributed by atoms with E-state index < -0.39 is 4.92 Å². The maximum atomic E-state index is 12.4. The predicted octanol–water partition coefficient (Wildman–Crippen LogP) is 4.23. The molecule has 0 saturated carbocycles. The van der Waals surface area contributed by atoms with Gasteiger partial charge in [-0.3, -0.25) is 14.9 Å². The van der Waals surface area contributed by atoms with Gasteiger partial charge < -0.3 is 9.15 Å². The highest BCUT2D eigenvalue weighted by Gasteiger charge is 2.18. The molecule has 2 aromatic carbocycles. The van der Waals surface area contributed by atoms with Crippen LogP contribution < -0.4 is 10.4 Å². The number of ketones is 1. The van der Waals surface area contributed by atoms with Crippen molar-refractivity contribution in [3.05, 3.63) is 79.7 Å². The van der Waals surface area contributed by atoms with Gasteiger partial charge in [-0.1, -0.05) is 18.6 Å². The van der Waals surface area contributed by atoms with Crippen LogP contribution in [0.25, 0.3) is 11.0 Å². The van der Waals surface area contributed by atoms with E-state index >= 15 is 0 Å². The zero-order valence-electron chi connectivity index (χ0n) is 15.7. The Bertz CT molecular complexity index is 1160. The molecule has 7 heteroatoms. The molecule has 7 nitrogen and oxygen atoms in total. The van der Waals surface area contributed by atoms with Gasteiger partial charge in [0.05, 0.1) is 4.92 Å². The largest absolute Gasteiger partial charge is 0.485 e. The van der Waals surface area contributed by atoms with E-state index in [4.69, 9.17) is 9.15 Å². The Hall–Kier alpha value is -3.48. The molecule has 0 N–H and O–H groups in total. The minimum absolute atomic E-state index is 0.149. The van der Waals surface area contributed by atoms with Crippen LogP contribution in [0.5, 0.6) is 5.75 Å². The molecule has 1 aromatic heterocycles. The van der Waals surface area contributed by atoms with Gasteiger partial charge in [0.1, 0.15) is 11.3 Å². The first-order chi connectivity index (χ1) is 14.0. The Morgan fingerprint density at radius 3 is 2.66 bits per heavy atom. The fraction of sp³-hybridized carbons (Fsp3) is 0.273. The predicted molar refractivity (Wildman–Crippen MR) is 107 cm³/mol. The summed E-state index contributed by atoms with van der Waals surface area (Å²) < 4.78 is 11.1. The average molecular weight is 393 g/mol. The third-order valence-corrected chi connectivity index (χ3v) is 5.19. The third kappa shape index (κ3) is 3.89. The quantitative estimate of drug-likeness (QED) is 0.211. The van der Waals surface area contributed by atoms with Crippen molar-refractivity contribution >= 4 is 22.4 Å². The minimum Gasteiger partial charge on any atom is -0.485 e. The molecule has 0 radical (unpaired) electrons. The molecular weight excluding hydrogens is 374 g/mol. The van der Waals surface area contributed by atoms with Crippen molar-refractivity contribution in [2.75, 3.05) is 6.61 Å². The van der Waals surface area contributed by atoms with Crippen molar-refractivity contribution < 1.29 is 18.9 Å². The number of carbonyl (C=O) groups excluding carboxylic acids is 1. The Balaban J connectivity index is 1.56. The number of Topliss-reactive ketones (excluding diaryl/α,β-unsaturated/α-hetero) is 1. The first-order valence-corrected chi connectivity index (χ1v) is 9.52. The van der Waals surface area contributed by atoms with Gasteiger partial charge in [-0.25, -0.2) is 4.79 Å². The van der Waals surface area contributed by atoms with E-state index in [1.54, 1.807) is 12.1 Å². The summed E-state index contributed by atoms with van der Waals surface area (Å²) in [6.45, 7) is -0.276. The van der Waals surface area contributed by atoms with Crippen LogP contribution in [-0.4, -0.2) is 17.3 Å². The summed E-state index contributed by atoms with van der Waals surface area (Å²) in [5.74, 6) is 0.0187. The first kappa shape index (κ1) is 18.9. The number of fused-ring (bicyclic) bond motifs is 3. The number of non-ortho nitro benzene ring substituents is 1. The summed E-state index contributed by atoms with van der Waals surface area (Å²) in [5, 5.41) is 11.8. The maximum absolute atomic E-state index is 12.4. The topological polar surface area (TPSA) is 99.7 Å². The minimum atomic E-state index is -0.550. The van der Waals surface area contributed by atoms with Crippen LogP contribution in [-0.2, 0) is 12.8 Å². The number of benzene rings is 2. The molecule has 0 atom stereocenters. The number of nitro groups is 1. The van der Waals surface area contributed by atoms with Gasteiger partial charge in [0.15, 0.2) is 12.4 Å². The number of nitro benzene ring substituents is 1. The SMILES string of the molecule is O=C(COc1ccc2c3c(c(=O)oc2c1)CCCCC3)c1cccc([N+](=O)[O-])c1. The van der Waals surface area contributed by atoms with E-state index in [-0.39, 0.29) is 29.3 Å². The maximum Gasteiger partial charge on any atom is 0.339 e. The molecule has 0 bridgehead atoms. The Labute approximate surface area is 166 Å². The van der Waals surface area contributed by atoms with Crippen LogP contribution in [0.1, 0.15) is 40.7 Å². The van der Waals surface area contributed by atoms with Crippen molar-refractivity contribution in [2.24, 2.45) is 0 Å². The van der Waals surface area contributed by atoms with Gasteiger partial charge in [0, 0.05) is 34.7 Å². The Kier molecular flexibility index (Phi) is 5.12. The van der Waals surface area contributed by atoms with Gasteiger partial charge in [-0.05, 0) is 43.4 Å². The number of aryl methyl sites for hydroxylation is 1. The molecule has 1 aliphatic rings. The Morgan fingerprint density at radius 1 is 1.07 bits per heavy atom. The van der Waals surface area contributed by atoms with E-state index in [1.165, 1.54) is 24.3 Å². The van der Waals surface area contributed by atoms with E-state index in [2.05, 4.69) is 0 Å². The molecule has 1 heterocycles. The standard InChI is InChI=1S/C22H19NO6/c24-20(14-5-4-6-15(11-14)23(26)27)13-28-16-9-10-18-17-7-2-1-3-8-19(17)22(25)29-21(18)12-16/h4-6,9-12H,1-3,7-8,13H2. The highest BCUT2D eigenvalue weighted by Crippen LogP contribution is 2.28. The third-order valence-electron chi connectivity index (χ3n) is 5.19. The molecule has 3 aromatic rings. The van der Waals surface area contributed by atoms with Crippen LogP contribution in [0.2, 0.25) is 0 Å². The average Bonchev–Trinajstić information content (AvgIpc) is 2.99. The van der Waals surface area contributed by atoms with Gasteiger partial charge in [0.2, 0.25) is 0 Å². The number of hydrogen-bond acceptors (Lipinski definition) is 6. The van der Waals surface area contributed by atoms with Crippen LogP contribution >= 0.6 is 0 Å². The molecule has 0 spiro atoms. The molecule has 4 rings (SSSR count). The highest BCUT2D eigenvalue weighted by atomic mass is 16.6. The van der Waals surface area contributed by atoms with Gasteiger partial charge in [-0.2, -0.15) is 0 Å². The summed E-state index contributed by atoms with van der Waals surface area (Å²) in [4.78, 5) is 35.0. The summed E-state index contributed by atoms with van der Waals surface area (Å²) >= 11 is 0. The second-order valence-corrected chi connectivity index (χ2v) is 7.08. The smallest absolute Gasteiger partial charge is 0.339 e. The highest BCUT2D eigenvalue weighted by molar-refractivity contribution is 5.97. The van der Waals surface area contributed by atoms with Gasteiger partial charge in [-0.15, -0.1) is 0 Å². The second kappa shape index (κ2) is 7.87. The fourth-order valence-corrected chi connectivity index (χ4v) is 3.72. The van der Waals surface area contributed by atoms with E-state index in [0.29, 0.717) is 11.3 Å². The monoisotopic (exact) mass is 393 g/mol. The number of ether oxygens (including phenoxy) is 1. The summed E-state index contributed by atoms with van der Waals surface area (Å²) in [6, 6.07) is 10.7. The molecule has 148 valence electrons. The fourth-order valence-electron chi connectivity index (χ4n) is 3.72. The first-order valence-electron chi connectivity index (χ1n) is 9.52. The van der Waals surface area contributed by atoms with E-state index in [9.17, 15) is 19.7 Å². The van der Waals surface area contributed by atoms with Crippen LogP contribution in [0.4, 0.5) is 5.69 Å².